The summed E-state index contributed by atoms with van der Waals surface area (Å²) in [7, 11) is -3.68. The Morgan fingerprint density at radius 1 is 1.20 bits per heavy atom. The van der Waals surface area contributed by atoms with Crippen LogP contribution in [0.2, 0.25) is 5.02 Å². The van der Waals surface area contributed by atoms with E-state index in [1.165, 1.54) is 17.8 Å². The molecule has 0 radical (unpaired) electrons. The summed E-state index contributed by atoms with van der Waals surface area (Å²) in [5, 5.41) is 3.19. The molecular weight excluding hydrogens is 380 g/mol. The zero-order chi connectivity index (χ0) is 18.6. The van der Waals surface area contributed by atoms with E-state index >= 15 is 0 Å². The molecule has 0 aliphatic heterocycles. The van der Waals surface area contributed by atoms with Gasteiger partial charge in [-0.3, -0.25) is 9.10 Å². The highest BCUT2D eigenvalue weighted by Crippen LogP contribution is 2.27. The summed E-state index contributed by atoms with van der Waals surface area (Å²) in [5.41, 5.74) is 0.988. The van der Waals surface area contributed by atoms with Crippen molar-refractivity contribution in [3.8, 4) is 0 Å². The van der Waals surface area contributed by atoms with Crippen LogP contribution in [0.15, 0.2) is 53.4 Å². The number of halogens is 1. The number of benzene rings is 2. The SMILES string of the molecule is CSc1ccccc1NC(=O)[C@H](C)N(c1cccc(Cl)c1)S(C)(=O)=O. The van der Waals surface area contributed by atoms with Crippen LogP contribution in [0.1, 0.15) is 6.92 Å². The van der Waals surface area contributed by atoms with Crippen molar-refractivity contribution in [1.82, 2.24) is 0 Å². The van der Waals surface area contributed by atoms with Gasteiger partial charge in [0.05, 0.1) is 17.6 Å². The maximum atomic E-state index is 12.7. The molecule has 0 heterocycles. The molecule has 1 amide bonds. The average Bonchev–Trinajstić information content (AvgIpc) is 2.54. The molecule has 5 nitrogen and oxygen atoms in total. The second-order valence-electron chi connectivity index (χ2n) is 5.40. The van der Waals surface area contributed by atoms with Gasteiger partial charge in [-0.05, 0) is 43.5 Å². The van der Waals surface area contributed by atoms with Gasteiger partial charge in [0, 0.05) is 9.92 Å². The van der Waals surface area contributed by atoms with Gasteiger partial charge in [0.2, 0.25) is 15.9 Å². The van der Waals surface area contributed by atoms with Crippen LogP contribution in [-0.4, -0.2) is 32.9 Å². The molecule has 0 spiro atoms. The number of hydrogen-bond donors (Lipinski definition) is 1. The number of rotatable bonds is 6. The van der Waals surface area contributed by atoms with E-state index in [1.54, 1.807) is 31.2 Å². The summed E-state index contributed by atoms with van der Waals surface area (Å²) in [4.78, 5) is 13.6. The van der Waals surface area contributed by atoms with Crippen LogP contribution >= 0.6 is 23.4 Å². The summed E-state index contributed by atoms with van der Waals surface area (Å²) in [6.45, 7) is 1.54. The Labute approximate surface area is 157 Å². The zero-order valence-corrected chi connectivity index (χ0v) is 16.5. The summed E-state index contributed by atoms with van der Waals surface area (Å²) < 4.78 is 25.6. The lowest BCUT2D eigenvalue weighted by molar-refractivity contribution is -0.116. The van der Waals surface area contributed by atoms with E-state index in [2.05, 4.69) is 5.32 Å². The molecule has 0 aliphatic rings. The van der Waals surface area contributed by atoms with Gasteiger partial charge in [0.15, 0.2) is 0 Å². The van der Waals surface area contributed by atoms with E-state index in [-0.39, 0.29) is 0 Å². The number of carbonyl (C=O) groups excluding carboxylic acids is 1. The maximum absolute atomic E-state index is 12.7. The van der Waals surface area contributed by atoms with Crippen LogP contribution < -0.4 is 9.62 Å². The lowest BCUT2D eigenvalue weighted by atomic mass is 10.2. The highest BCUT2D eigenvalue weighted by atomic mass is 35.5. The van der Waals surface area contributed by atoms with Crippen LogP contribution in [0.25, 0.3) is 0 Å². The Kier molecular flexibility index (Phi) is 6.37. The van der Waals surface area contributed by atoms with E-state index < -0.39 is 22.0 Å². The molecule has 0 bridgehead atoms. The van der Waals surface area contributed by atoms with Crippen molar-refractivity contribution in [2.75, 3.05) is 22.1 Å². The first kappa shape index (κ1) is 19.6. The monoisotopic (exact) mass is 398 g/mol. The van der Waals surface area contributed by atoms with Crippen molar-refractivity contribution in [2.45, 2.75) is 17.9 Å². The smallest absolute Gasteiger partial charge is 0.248 e. The van der Waals surface area contributed by atoms with Crippen LogP contribution in [0.4, 0.5) is 11.4 Å². The van der Waals surface area contributed by atoms with E-state index in [1.807, 2.05) is 24.5 Å². The van der Waals surface area contributed by atoms with Gasteiger partial charge in [-0.25, -0.2) is 8.42 Å². The number of nitrogens with one attached hydrogen (secondary N) is 1. The van der Waals surface area contributed by atoms with Gasteiger partial charge in [-0.2, -0.15) is 0 Å². The predicted octanol–water partition coefficient (Wildman–Crippen LogP) is 3.86. The Morgan fingerprint density at radius 2 is 1.88 bits per heavy atom. The summed E-state index contributed by atoms with van der Waals surface area (Å²) in [5.74, 6) is -0.424. The number of hydrogen-bond acceptors (Lipinski definition) is 4. The van der Waals surface area contributed by atoms with E-state index in [9.17, 15) is 13.2 Å². The average molecular weight is 399 g/mol. The largest absolute Gasteiger partial charge is 0.323 e. The first-order valence-electron chi connectivity index (χ1n) is 7.43. The van der Waals surface area contributed by atoms with E-state index in [0.717, 1.165) is 15.5 Å². The molecule has 1 atom stereocenters. The minimum atomic E-state index is -3.68. The molecule has 2 aromatic rings. The zero-order valence-electron chi connectivity index (χ0n) is 14.1. The first-order valence-corrected chi connectivity index (χ1v) is 10.9. The molecule has 0 fully saturated rings. The van der Waals surface area contributed by atoms with Crippen molar-refractivity contribution in [2.24, 2.45) is 0 Å². The van der Waals surface area contributed by atoms with Gasteiger partial charge >= 0.3 is 0 Å². The number of para-hydroxylation sites is 1. The fourth-order valence-electron chi connectivity index (χ4n) is 2.41. The van der Waals surface area contributed by atoms with Crippen molar-refractivity contribution in [3.63, 3.8) is 0 Å². The Bertz CT molecular complexity index is 872. The molecule has 2 aromatic carbocycles. The molecule has 1 N–H and O–H groups in total. The molecule has 0 aliphatic carbocycles. The summed E-state index contributed by atoms with van der Waals surface area (Å²) in [6, 6.07) is 12.8. The number of carbonyl (C=O) groups is 1. The fourth-order valence-corrected chi connectivity index (χ4v) is 4.31. The third kappa shape index (κ3) is 4.90. The molecule has 25 heavy (non-hydrogen) atoms. The summed E-state index contributed by atoms with van der Waals surface area (Å²) >= 11 is 7.47. The summed E-state index contributed by atoms with van der Waals surface area (Å²) in [6.07, 6.45) is 2.97. The molecule has 0 unspecified atom stereocenters. The topological polar surface area (TPSA) is 66.5 Å². The number of nitrogens with zero attached hydrogens (tertiary/aromatic N) is 1. The second-order valence-corrected chi connectivity index (χ2v) is 8.55. The first-order chi connectivity index (χ1) is 11.7. The highest BCUT2D eigenvalue weighted by molar-refractivity contribution is 7.98. The predicted molar refractivity (Wildman–Crippen MR) is 105 cm³/mol. The van der Waals surface area contributed by atoms with Gasteiger partial charge in [-0.1, -0.05) is 29.8 Å². The van der Waals surface area contributed by atoms with Crippen LogP contribution in [0, 0.1) is 0 Å². The van der Waals surface area contributed by atoms with Crippen LogP contribution in [0.3, 0.4) is 0 Å². The Morgan fingerprint density at radius 3 is 2.48 bits per heavy atom. The minimum absolute atomic E-state index is 0.343. The Hall–Kier alpha value is -1.70. The number of anilines is 2. The van der Waals surface area contributed by atoms with Crippen LogP contribution in [0.5, 0.6) is 0 Å². The normalized spacial score (nSPS) is 12.5. The third-order valence-electron chi connectivity index (χ3n) is 3.52. The highest BCUT2D eigenvalue weighted by Gasteiger charge is 2.29. The molecular formula is C17H19ClN2O3S2. The lowest BCUT2D eigenvalue weighted by Crippen LogP contribution is -2.45. The van der Waals surface area contributed by atoms with E-state index in [0.29, 0.717) is 16.4 Å². The van der Waals surface area contributed by atoms with Gasteiger partial charge in [0.25, 0.3) is 0 Å². The van der Waals surface area contributed by atoms with Crippen molar-refractivity contribution in [1.29, 1.82) is 0 Å². The van der Waals surface area contributed by atoms with Crippen molar-refractivity contribution >= 4 is 50.7 Å². The molecule has 134 valence electrons. The minimum Gasteiger partial charge on any atom is -0.323 e. The van der Waals surface area contributed by atoms with Gasteiger partial charge < -0.3 is 5.32 Å². The molecule has 0 aromatic heterocycles. The Balaban J connectivity index is 2.33. The van der Waals surface area contributed by atoms with E-state index in [4.69, 9.17) is 11.6 Å². The number of thioether (sulfide) groups is 1. The lowest BCUT2D eigenvalue weighted by Gasteiger charge is -2.28. The fraction of sp³-hybridized carbons (Fsp3) is 0.235. The number of amides is 1. The van der Waals surface area contributed by atoms with Crippen LogP contribution in [-0.2, 0) is 14.8 Å². The molecule has 2 rings (SSSR count). The number of sulfonamides is 1. The van der Waals surface area contributed by atoms with Gasteiger partial charge in [0.1, 0.15) is 6.04 Å². The molecule has 0 saturated carbocycles. The quantitative estimate of drug-likeness (QED) is 0.750. The third-order valence-corrected chi connectivity index (χ3v) is 5.79. The van der Waals surface area contributed by atoms with Crippen molar-refractivity contribution < 1.29 is 13.2 Å². The standard InChI is InChI=1S/C17H19ClN2O3S2/c1-12(17(21)19-15-9-4-5-10-16(15)24-2)20(25(3,22)23)14-8-6-7-13(18)11-14/h4-12H,1-3H3,(H,19,21)/t12-/m0/s1. The van der Waals surface area contributed by atoms with Crippen molar-refractivity contribution in [3.05, 3.63) is 53.6 Å². The molecule has 8 heteroatoms. The second kappa shape index (κ2) is 8.12. The molecule has 0 saturated heterocycles. The van der Waals surface area contributed by atoms with Gasteiger partial charge in [-0.15, -0.1) is 11.8 Å². The maximum Gasteiger partial charge on any atom is 0.248 e.